The fraction of sp³-hybridized carbons (Fsp3) is 0. The van der Waals surface area contributed by atoms with Crippen LogP contribution in [0.1, 0.15) is 0 Å². The summed E-state index contributed by atoms with van der Waals surface area (Å²) >= 11 is 0. The fourth-order valence-electron chi connectivity index (χ4n) is 9.48. The molecule has 0 saturated heterocycles. The third kappa shape index (κ3) is 5.38. The fourth-order valence-corrected chi connectivity index (χ4v) is 9.48. The van der Waals surface area contributed by atoms with Crippen molar-refractivity contribution in [3.8, 4) is 50.3 Å². The second kappa shape index (κ2) is 13.4. The van der Waals surface area contributed by atoms with E-state index >= 15 is 0 Å². The number of hydrogen-bond donors (Lipinski definition) is 0. The zero-order chi connectivity index (χ0) is 38.9. The van der Waals surface area contributed by atoms with Crippen molar-refractivity contribution in [2.75, 3.05) is 0 Å². The molecule has 2 nitrogen and oxygen atoms in total. The molecule has 12 aromatic rings. The van der Waals surface area contributed by atoms with Crippen LogP contribution in [0.4, 0.5) is 0 Å². The van der Waals surface area contributed by atoms with Crippen molar-refractivity contribution in [2.45, 2.75) is 0 Å². The lowest BCUT2D eigenvalue weighted by Gasteiger charge is -2.19. The number of benzene rings is 10. The van der Waals surface area contributed by atoms with Gasteiger partial charge in [0.25, 0.3) is 0 Å². The molecule has 2 aromatic heterocycles. The first kappa shape index (κ1) is 33.3. The Hall–Kier alpha value is -7.81. The van der Waals surface area contributed by atoms with Gasteiger partial charge in [-0.2, -0.15) is 0 Å². The Morgan fingerprint density at radius 3 is 1.47 bits per heavy atom. The summed E-state index contributed by atoms with van der Waals surface area (Å²) in [6.45, 7) is 0. The number of pyridine rings is 1. The second-order valence-electron chi connectivity index (χ2n) is 15.5. The van der Waals surface area contributed by atoms with Crippen molar-refractivity contribution in [2.24, 2.45) is 0 Å². The zero-order valence-corrected chi connectivity index (χ0v) is 32.2. The maximum atomic E-state index is 5.02. The van der Waals surface area contributed by atoms with Gasteiger partial charge in [0.05, 0.1) is 16.7 Å². The highest BCUT2D eigenvalue weighted by Gasteiger charge is 2.21. The van der Waals surface area contributed by atoms with Crippen LogP contribution in [-0.4, -0.2) is 9.55 Å². The normalized spacial score (nSPS) is 11.7. The summed E-state index contributed by atoms with van der Waals surface area (Å²) in [4.78, 5) is 5.02. The molecule has 10 aromatic carbocycles. The summed E-state index contributed by atoms with van der Waals surface area (Å²) in [5, 5.41) is 12.3. The van der Waals surface area contributed by atoms with Crippen molar-refractivity contribution in [3.63, 3.8) is 0 Å². The number of rotatable bonds is 5. The van der Waals surface area contributed by atoms with Gasteiger partial charge in [-0.25, -0.2) is 0 Å². The first-order valence-electron chi connectivity index (χ1n) is 20.3. The largest absolute Gasteiger partial charge is 0.309 e. The molecule has 0 bridgehead atoms. The number of hydrogen-bond acceptors (Lipinski definition) is 1. The van der Waals surface area contributed by atoms with Crippen LogP contribution in [0.3, 0.4) is 0 Å². The van der Waals surface area contributed by atoms with E-state index in [1.54, 1.807) is 0 Å². The van der Waals surface area contributed by atoms with Crippen LogP contribution in [-0.2, 0) is 0 Å². The topological polar surface area (TPSA) is 17.8 Å². The Kier molecular flexibility index (Phi) is 7.57. The van der Waals surface area contributed by atoms with Crippen molar-refractivity contribution >= 4 is 64.9 Å². The van der Waals surface area contributed by atoms with Crippen LogP contribution >= 0.6 is 0 Å². The molecule has 0 fully saturated rings. The van der Waals surface area contributed by atoms with Gasteiger partial charge in [0, 0.05) is 28.2 Å². The van der Waals surface area contributed by atoms with Gasteiger partial charge in [-0.1, -0.05) is 164 Å². The van der Waals surface area contributed by atoms with E-state index in [0.717, 1.165) is 33.4 Å². The Balaban J connectivity index is 1.16. The summed E-state index contributed by atoms with van der Waals surface area (Å²) in [6.07, 6.45) is 1.94. The maximum Gasteiger partial charge on any atom is 0.0802 e. The van der Waals surface area contributed by atoms with Crippen molar-refractivity contribution in [1.82, 2.24) is 9.55 Å². The van der Waals surface area contributed by atoms with Crippen LogP contribution in [0.15, 0.2) is 219 Å². The molecule has 2 heterocycles. The highest BCUT2D eigenvalue weighted by molar-refractivity contribution is 6.23. The Morgan fingerprint density at radius 2 is 0.814 bits per heavy atom. The van der Waals surface area contributed by atoms with Gasteiger partial charge < -0.3 is 4.57 Å². The monoisotopic (exact) mass is 748 g/mol. The van der Waals surface area contributed by atoms with E-state index in [1.165, 1.54) is 81.9 Å². The molecule has 0 unspecified atom stereocenters. The van der Waals surface area contributed by atoms with Gasteiger partial charge in [-0.15, -0.1) is 0 Å². The molecule has 274 valence electrons. The van der Waals surface area contributed by atoms with Gasteiger partial charge >= 0.3 is 0 Å². The molecule has 0 atom stereocenters. The Labute approximate surface area is 341 Å². The Bertz CT molecular complexity index is 3600. The number of aromatic nitrogens is 2. The summed E-state index contributed by atoms with van der Waals surface area (Å²) in [5.74, 6) is 0. The summed E-state index contributed by atoms with van der Waals surface area (Å²) in [6, 6.07) is 77.6. The van der Waals surface area contributed by atoms with E-state index in [1.807, 2.05) is 6.20 Å². The van der Waals surface area contributed by atoms with Crippen LogP contribution in [0.2, 0.25) is 0 Å². The predicted octanol–water partition coefficient (Wildman–Crippen LogP) is 15.5. The highest BCUT2D eigenvalue weighted by Crippen LogP contribution is 2.46. The van der Waals surface area contributed by atoms with E-state index < -0.39 is 0 Å². The summed E-state index contributed by atoms with van der Waals surface area (Å²) in [5.41, 5.74) is 12.8. The van der Waals surface area contributed by atoms with Crippen LogP contribution in [0.25, 0.3) is 115 Å². The van der Waals surface area contributed by atoms with E-state index in [0.29, 0.717) is 0 Å². The van der Waals surface area contributed by atoms with Crippen molar-refractivity contribution < 1.29 is 0 Å². The zero-order valence-electron chi connectivity index (χ0n) is 32.2. The van der Waals surface area contributed by atoms with Gasteiger partial charge in [0.15, 0.2) is 0 Å². The molecule has 12 rings (SSSR count). The maximum absolute atomic E-state index is 5.02. The third-order valence-corrected chi connectivity index (χ3v) is 12.2. The minimum absolute atomic E-state index is 0.989. The third-order valence-electron chi connectivity index (χ3n) is 12.2. The SMILES string of the molecule is c1ccc(-c2nccc3c2c2cc(-c4ccc5c(-c6ccc7ccccc7c6)c6ccccc6c(-c6ccc7ccccc7c6)c5c4)ccc2n3-c2ccccc2)cc1. The number of fused-ring (bicyclic) bond motifs is 7. The predicted molar refractivity (Wildman–Crippen MR) is 250 cm³/mol. The number of nitrogens with zero attached hydrogens (tertiary/aromatic N) is 2. The minimum atomic E-state index is 0.989. The molecule has 0 aliphatic heterocycles. The van der Waals surface area contributed by atoms with E-state index in [-0.39, 0.29) is 0 Å². The highest BCUT2D eigenvalue weighted by atomic mass is 15.0. The molecular weight excluding hydrogens is 713 g/mol. The molecule has 0 saturated carbocycles. The molecular formula is C57H36N2. The quantitative estimate of drug-likeness (QED) is 0.160. The lowest BCUT2D eigenvalue weighted by Crippen LogP contribution is -1.94. The van der Waals surface area contributed by atoms with Crippen molar-refractivity contribution in [3.05, 3.63) is 219 Å². The molecule has 0 aliphatic carbocycles. The van der Waals surface area contributed by atoms with Gasteiger partial charge in [-0.3, -0.25) is 4.98 Å². The molecule has 0 N–H and O–H groups in total. The minimum Gasteiger partial charge on any atom is -0.309 e. The Morgan fingerprint density at radius 1 is 0.305 bits per heavy atom. The van der Waals surface area contributed by atoms with Crippen molar-refractivity contribution in [1.29, 1.82) is 0 Å². The van der Waals surface area contributed by atoms with Crippen LogP contribution < -0.4 is 0 Å². The molecule has 0 amide bonds. The lowest BCUT2D eigenvalue weighted by molar-refractivity contribution is 1.17. The standard InChI is InChI=1S/C57H36N2/c1-3-15-39(16-4-1)57-56-51-36-43(28-30-52(51)59(53(56)31-32-58-57)46-19-5-2-6-20-46)42-27-29-49-50(35-42)55(45-26-24-38-14-8-10-18-41(38)34-45)48-22-12-11-21-47(48)54(49)44-25-23-37-13-7-9-17-40(37)33-44/h1-36H. The average molecular weight is 749 g/mol. The first-order valence-corrected chi connectivity index (χ1v) is 20.3. The lowest BCUT2D eigenvalue weighted by atomic mass is 9.84. The van der Waals surface area contributed by atoms with Gasteiger partial charge in [0.2, 0.25) is 0 Å². The van der Waals surface area contributed by atoms with Crippen LogP contribution in [0, 0.1) is 0 Å². The smallest absolute Gasteiger partial charge is 0.0802 e. The first-order chi connectivity index (χ1) is 29.3. The van der Waals surface area contributed by atoms with Gasteiger partial charge in [-0.05, 0) is 125 Å². The molecule has 0 spiro atoms. The van der Waals surface area contributed by atoms with E-state index in [9.17, 15) is 0 Å². The van der Waals surface area contributed by atoms with E-state index in [2.05, 4.69) is 217 Å². The van der Waals surface area contributed by atoms with E-state index in [4.69, 9.17) is 4.98 Å². The van der Waals surface area contributed by atoms with Crippen LogP contribution in [0.5, 0.6) is 0 Å². The molecule has 0 aliphatic rings. The second-order valence-corrected chi connectivity index (χ2v) is 15.5. The summed E-state index contributed by atoms with van der Waals surface area (Å²) in [7, 11) is 0. The molecule has 59 heavy (non-hydrogen) atoms. The number of para-hydroxylation sites is 1. The summed E-state index contributed by atoms with van der Waals surface area (Å²) < 4.78 is 2.38. The average Bonchev–Trinajstić information content (AvgIpc) is 3.65. The van der Waals surface area contributed by atoms with Gasteiger partial charge in [0.1, 0.15) is 0 Å². The molecule has 2 heteroatoms. The molecule has 0 radical (unpaired) electrons.